The van der Waals surface area contributed by atoms with E-state index in [2.05, 4.69) is 0 Å². The number of hydrogen-bond donors (Lipinski definition) is 0. The number of halogens is 1. The minimum atomic E-state index is -3.32. The molecule has 5 nitrogen and oxygen atoms in total. The molecule has 0 N–H and O–H groups in total. The molecule has 0 aliphatic carbocycles. The van der Waals surface area contributed by atoms with E-state index < -0.39 is 9.05 Å². The third-order valence-electron chi connectivity index (χ3n) is 2.44. The Hall–Kier alpha value is 0.120. The van der Waals surface area contributed by atoms with E-state index >= 15 is 0 Å². The van der Waals surface area contributed by atoms with Crippen molar-refractivity contribution in [3.63, 3.8) is 0 Å². The Labute approximate surface area is 121 Å². The molecule has 0 saturated heterocycles. The summed E-state index contributed by atoms with van der Waals surface area (Å²) < 4.78 is 36.9. The standard InChI is InChI=1S/C12H25ClO5S/c1-16-10-11-18-9-6-8-17-7-4-2-3-5-12-19(13,14)15/h2-12H2,1H3. The molecule has 0 bridgehead atoms. The molecule has 0 heterocycles. The van der Waals surface area contributed by atoms with Crippen LogP contribution < -0.4 is 0 Å². The number of methoxy groups -OCH3 is 1. The molecule has 116 valence electrons. The summed E-state index contributed by atoms with van der Waals surface area (Å²) in [5.74, 6) is 0.0637. The molecule has 19 heavy (non-hydrogen) atoms. The summed E-state index contributed by atoms with van der Waals surface area (Å²) in [5, 5.41) is 0. The molecule has 0 aromatic carbocycles. The predicted octanol–water partition coefficient (Wildman–Crippen LogP) is 2.19. The maximum atomic E-state index is 10.7. The smallest absolute Gasteiger partial charge is 0.232 e. The lowest BCUT2D eigenvalue weighted by Crippen LogP contribution is -2.06. The van der Waals surface area contributed by atoms with Crippen molar-refractivity contribution >= 4 is 19.7 Å². The maximum Gasteiger partial charge on any atom is 0.232 e. The third kappa shape index (κ3) is 18.1. The minimum Gasteiger partial charge on any atom is -0.382 e. The van der Waals surface area contributed by atoms with Gasteiger partial charge in [-0.3, -0.25) is 0 Å². The van der Waals surface area contributed by atoms with Crippen molar-refractivity contribution in [3.8, 4) is 0 Å². The minimum absolute atomic E-state index is 0.0637. The molecule has 0 rings (SSSR count). The Morgan fingerprint density at radius 3 is 2.00 bits per heavy atom. The first-order valence-electron chi connectivity index (χ1n) is 6.63. The van der Waals surface area contributed by atoms with Gasteiger partial charge in [-0.25, -0.2) is 8.42 Å². The molecule has 0 unspecified atom stereocenters. The second kappa shape index (κ2) is 13.1. The number of ether oxygens (including phenoxy) is 3. The molecule has 0 aliphatic heterocycles. The van der Waals surface area contributed by atoms with Gasteiger partial charge in [0.1, 0.15) is 0 Å². The van der Waals surface area contributed by atoms with Crippen LogP contribution in [0.3, 0.4) is 0 Å². The summed E-state index contributed by atoms with van der Waals surface area (Å²) in [4.78, 5) is 0. The van der Waals surface area contributed by atoms with E-state index in [0.29, 0.717) is 39.5 Å². The van der Waals surface area contributed by atoms with Crippen LogP contribution in [0.25, 0.3) is 0 Å². The van der Waals surface area contributed by atoms with Gasteiger partial charge in [0.2, 0.25) is 9.05 Å². The molecule has 0 aromatic rings. The Morgan fingerprint density at radius 2 is 1.37 bits per heavy atom. The van der Waals surface area contributed by atoms with Crippen molar-refractivity contribution in [3.05, 3.63) is 0 Å². The lowest BCUT2D eigenvalue weighted by Gasteiger charge is -2.05. The second-order valence-corrected chi connectivity index (χ2v) is 7.12. The summed E-state index contributed by atoms with van der Waals surface area (Å²) in [6.07, 6.45) is 4.30. The maximum absolute atomic E-state index is 10.7. The van der Waals surface area contributed by atoms with Gasteiger partial charge < -0.3 is 14.2 Å². The molecule has 0 aliphatic rings. The third-order valence-corrected chi connectivity index (χ3v) is 3.68. The zero-order valence-electron chi connectivity index (χ0n) is 11.6. The predicted molar refractivity (Wildman–Crippen MR) is 76.2 cm³/mol. The van der Waals surface area contributed by atoms with Crippen molar-refractivity contribution < 1.29 is 22.6 Å². The summed E-state index contributed by atoms with van der Waals surface area (Å²) >= 11 is 0. The quantitative estimate of drug-likeness (QED) is 0.363. The molecule has 0 saturated carbocycles. The van der Waals surface area contributed by atoms with Crippen LogP contribution in [0.1, 0.15) is 32.1 Å². The second-order valence-electron chi connectivity index (χ2n) is 4.23. The molecule has 0 aromatic heterocycles. The van der Waals surface area contributed by atoms with Gasteiger partial charge >= 0.3 is 0 Å². The fourth-order valence-electron chi connectivity index (χ4n) is 1.44. The molecular formula is C12H25ClO5S. The Bertz CT molecular complexity index is 282. The highest BCUT2D eigenvalue weighted by Gasteiger charge is 2.03. The topological polar surface area (TPSA) is 61.8 Å². The molecule has 0 amide bonds. The van der Waals surface area contributed by atoms with Gasteiger partial charge in [-0.05, 0) is 19.3 Å². The van der Waals surface area contributed by atoms with Crippen molar-refractivity contribution in [1.82, 2.24) is 0 Å². The lowest BCUT2D eigenvalue weighted by atomic mass is 10.2. The fourth-order valence-corrected chi connectivity index (χ4v) is 2.32. The van der Waals surface area contributed by atoms with Crippen molar-refractivity contribution in [2.45, 2.75) is 32.1 Å². The van der Waals surface area contributed by atoms with E-state index in [1.807, 2.05) is 0 Å². The van der Waals surface area contributed by atoms with Crippen molar-refractivity contribution in [2.75, 3.05) is 45.9 Å². The summed E-state index contributed by atoms with van der Waals surface area (Å²) in [5.41, 5.74) is 0. The van der Waals surface area contributed by atoms with E-state index in [1.165, 1.54) is 0 Å². The van der Waals surface area contributed by atoms with Gasteiger partial charge in [0.15, 0.2) is 0 Å². The first-order chi connectivity index (χ1) is 9.06. The Balaban J connectivity index is 3.03. The highest BCUT2D eigenvalue weighted by Crippen LogP contribution is 2.05. The zero-order valence-corrected chi connectivity index (χ0v) is 13.2. The Morgan fingerprint density at radius 1 is 0.789 bits per heavy atom. The average Bonchev–Trinajstić information content (AvgIpc) is 2.34. The largest absolute Gasteiger partial charge is 0.382 e. The van der Waals surface area contributed by atoms with E-state index in [-0.39, 0.29) is 5.75 Å². The van der Waals surface area contributed by atoms with Crippen molar-refractivity contribution in [2.24, 2.45) is 0 Å². The van der Waals surface area contributed by atoms with Crippen LogP contribution in [0.15, 0.2) is 0 Å². The monoisotopic (exact) mass is 316 g/mol. The number of hydrogen-bond acceptors (Lipinski definition) is 5. The van der Waals surface area contributed by atoms with Crippen LogP contribution in [0.5, 0.6) is 0 Å². The Kier molecular flexibility index (Phi) is 13.2. The number of rotatable bonds is 14. The van der Waals surface area contributed by atoms with Gasteiger partial charge in [0, 0.05) is 37.6 Å². The first-order valence-corrected chi connectivity index (χ1v) is 9.11. The van der Waals surface area contributed by atoms with Gasteiger partial charge in [-0.15, -0.1) is 0 Å². The molecule has 0 spiro atoms. The SMILES string of the molecule is COCCOCCCOCCCCCCS(=O)(=O)Cl. The summed E-state index contributed by atoms with van der Waals surface area (Å²) in [6, 6.07) is 0. The highest BCUT2D eigenvalue weighted by atomic mass is 35.7. The van der Waals surface area contributed by atoms with Gasteiger partial charge in [0.25, 0.3) is 0 Å². The van der Waals surface area contributed by atoms with Gasteiger partial charge in [-0.2, -0.15) is 0 Å². The van der Waals surface area contributed by atoms with E-state index in [4.69, 9.17) is 24.9 Å². The summed E-state index contributed by atoms with van der Waals surface area (Å²) in [6.45, 7) is 3.35. The number of unbranched alkanes of at least 4 members (excludes halogenated alkanes) is 3. The highest BCUT2D eigenvalue weighted by molar-refractivity contribution is 8.13. The lowest BCUT2D eigenvalue weighted by molar-refractivity contribution is 0.0508. The molecule has 0 fully saturated rings. The van der Waals surface area contributed by atoms with Crippen LogP contribution in [-0.4, -0.2) is 54.3 Å². The molecule has 7 heteroatoms. The molecule has 0 radical (unpaired) electrons. The molecule has 0 atom stereocenters. The first kappa shape index (κ1) is 19.1. The fraction of sp³-hybridized carbons (Fsp3) is 1.00. The van der Waals surface area contributed by atoms with Crippen LogP contribution in [0.2, 0.25) is 0 Å². The molecular weight excluding hydrogens is 292 g/mol. The van der Waals surface area contributed by atoms with E-state index in [0.717, 1.165) is 25.7 Å². The zero-order chi connectivity index (χ0) is 14.4. The van der Waals surface area contributed by atoms with Crippen LogP contribution >= 0.6 is 10.7 Å². The van der Waals surface area contributed by atoms with Crippen LogP contribution in [0, 0.1) is 0 Å². The van der Waals surface area contributed by atoms with Crippen LogP contribution in [-0.2, 0) is 23.3 Å². The average molecular weight is 317 g/mol. The van der Waals surface area contributed by atoms with Gasteiger partial charge in [0.05, 0.1) is 19.0 Å². The van der Waals surface area contributed by atoms with Crippen LogP contribution in [0.4, 0.5) is 0 Å². The normalized spacial score (nSPS) is 11.9. The van der Waals surface area contributed by atoms with Gasteiger partial charge in [-0.1, -0.05) is 12.8 Å². The van der Waals surface area contributed by atoms with Crippen molar-refractivity contribution in [1.29, 1.82) is 0 Å². The van der Waals surface area contributed by atoms with E-state index in [1.54, 1.807) is 7.11 Å². The van der Waals surface area contributed by atoms with E-state index in [9.17, 15) is 8.42 Å². The summed E-state index contributed by atoms with van der Waals surface area (Å²) in [7, 11) is 3.43.